The minimum Gasteiger partial charge on any atom is -0.160 e. The fourth-order valence-corrected chi connectivity index (χ4v) is 9.41. The predicted molar refractivity (Wildman–Crippen MR) is 161 cm³/mol. The standard InChI is InChI=1S/C28H34S5/c1-4-10-25(11-5-1)20-29-16-17-31-23-28(24-32-22-27-14-8-3-9-15-27)33-19-18-30-21-26-12-6-2-7-13-26/h1-15,28H,16-24H2. The molecule has 3 aromatic carbocycles. The first-order valence-corrected chi connectivity index (χ1v) is 17.1. The van der Waals surface area contributed by atoms with Crippen LogP contribution in [0.3, 0.4) is 0 Å². The summed E-state index contributed by atoms with van der Waals surface area (Å²) in [4.78, 5) is 0. The van der Waals surface area contributed by atoms with Gasteiger partial charge in [-0.25, -0.2) is 0 Å². The molecule has 0 saturated carbocycles. The van der Waals surface area contributed by atoms with Crippen LogP contribution >= 0.6 is 58.8 Å². The quantitative estimate of drug-likeness (QED) is 0.160. The summed E-state index contributed by atoms with van der Waals surface area (Å²) < 4.78 is 0. The summed E-state index contributed by atoms with van der Waals surface area (Å²) in [5.74, 6) is 10.9. The third kappa shape index (κ3) is 12.6. The zero-order valence-corrected chi connectivity index (χ0v) is 23.2. The van der Waals surface area contributed by atoms with Gasteiger partial charge in [-0.05, 0) is 16.7 Å². The highest BCUT2D eigenvalue weighted by molar-refractivity contribution is 8.06. The summed E-state index contributed by atoms with van der Waals surface area (Å²) in [6.45, 7) is 0. The van der Waals surface area contributed by atoms with Gasteiger partial charge in [0.25, 0.3) is 0 Å². The number of hydrogen-bond acceptors (Lipinski definition) is 5. The average molecular weight is 531 g/mol. The monoisotopic (exact) mass is 530 g/mol. The number of hydrogen-bond donors (Lipinski definition) is 0. The third-order valence-electron chi connectivity index (χ3n) is 4.90. The summed E-state index contributed by atoms with van der Waals surface area (Å²) in [5, 5.41) is 0.736. The maximum atomic E-state index is 2.24. The molecule has 0 amide bonds. The Morgan fingerprint density at radius 3 is 1.33 bits per heavy atom. The van der Waals surface area contributed by atoms with E-state index >= 15 is 0 Å². The maximum Gasteiger partial charge on any atom is 0.0229 e. The van der Waals surface area contributed by atoms with E-state index in [-0.39, 0.29) is 0 Å². The second-order valence-corrected chi connectivity index (χ2v) is 13.4. The molecule has 0 heterocycles. The molecule has 0 radical (unpaired) electrons. The second-order valence-electron chi connectivity index (χ2n) is 7.64. The lowest BCUT2D eigenvalue weighted by molar-refractivity contribution is 1.14. The van der Waals surface area contributed by atoms with E-state index in [1.165, 1.54) is 51.2 Å². The zero-order valence-electron chi connectivity index (χ0n) is 19.1. The first-order chi connectivity index (χ1) is 16.4. The molecular formula is C28H34S5. The van der Waals surface area contributed by atoms with Crippen LogP contribution in [0.2, 0.25) is 0 Å². The Kier molecular flexibility index (Phi) is 14.6. The van der Waals surface area contributed by atoms with E-state index < -0.39 is 0 Å². The number of benzene rings is 3. The molecule has 1 atom stereocenters. The van der Waals surface area contributed by atoms with Gasteiger partial charge >= 0.3 is 0 Å². The van der Waals surface area contributed by atoms with Crippen molar-refractivity contribution in [1.82, 2.24) is 0 Å². The second kappa shape index (κ2) is 17.8. The van der Waals surface area contributed by atoms with Gasteiger partial charge < -0.3 is 0 Å². The Bertz CT molecular complexity index is 842. The van der Waals surface area contributed by atoms with E-state index in [1.54, 1.807) is 0 Å². The maximum absolute atomic E-state index is 2.24. The van der Waals surface area contributed by atoms with Crippen LogP contribution < -0.4 is 0 Å². The largest absolute Gasteiger partial charge is 0.160 e. The van der Waals surface area contributed by atoms with E-state index in [2.05, 4.69) is 150 Å². The van der Waals surface area contributed by atoms with Crippen molar-refractivity contribution < 1.29 is 0 Å². The van der Waals surface area contributed by atoms with E-state index in [1.807, 2.05) is 0 Å². The molecular weight excluding hydrogens is 497 g/mol. The lowest BCUT2D eigenvalue weighted by atomic mass is 10.2. The van der Waals surface area contributed by atoms with Crippen LogP contribution in [-0.4, -0.2) is 39.8 Å². The van der Waals surface area contributed by atoms with E-state index in [0.29, 0.717) is 0 Å². The molecule has 0 spiro atoms. The van der Waals surface area contributed by atoms with Crippen molar-refractivity contribution in [3.05, 3.63) is 108 Å². The Morgan fingerprint density at radius 1 is 0.424 bits per heavy atom. The van der Waals surface area contributed by atoms with Crippen molar-refractivity contribution >= 4 is 58.8 Å². The SMILES string of the molecule is c1ccc(CSCCSCC(CSCc2ccccc2)SCCSCc2ccccc2)cc1. The van der Waals surface area contributed by atoms with Crippen molar-refractivity contribution in [2.45, 2.75) is 22.5 Å². The first kappa shape index (κ1) is 27.0. The van der Waals surface area contributed by atoms with Crippen molar-refractivity contribution in [1.29, 1.82) is 0 Å². The van der Waals surface area contributed by atoms with Gasteiger partial charge in [-0.2, -0.15) is 58.8 Å². The molecule has 3 aromatic rings. The molecule has 3 rings (SSSR count). The van der Waals surface area contributed by atoms with Gasteiger partial charge in [-0.3, -0.25) is 0 Å². The topological polar surface area (TPSA) is 0 Å². The highest BCUT2D eigenvalue weighted by Crippen LogP contribution is 2.25. The highest BCUT2D eigenvalue weighted by Gasteiger charge is 2.10. The molecule has 1 unspecified atom stereocenters. The van der Waals surface area contributed by atoms with Gasteiger partial charge in [0, 0.05) is 57.0 Å². The van der Waals surface area contributed by atoms with Crippen LogP contribution in [0.4, 0.5) is 0 Å². The summed E-state index contributed by atoms with van der Waals surface area (Å²) >= 11 is 10.5. The Hall–Kier alpha value is -0.590. The fourth-order valence-electron chi connectivity index (χ4n) is 3.16. The predicted octanol–water partition coefficient (Wildman–Crippen LogP) is 8.62. The van der Waals surface area contributed by atoms with Crippen LogP contribution in [0.25, 0.3) is 0 Å². The molecule has 0 bridgehead atoms. The highest BCUT2D eigenvalue weighted by atomic mass is 32.2. The summed E-state index contributed by atoms with van der Waals surface area (Å²) in [5.41, 5.74) is 4.31. The Labute approximate surface area is 222 Å². The van der Waals surface area contributed by atoms with Crippen molar-refractivity contribution in [3.8, 4) is 0 Å². The first-order valence-electron chi connectivity index (χ1n) is 11.4. The van der Waals surface area contributed by atoms with Crippen molar-refractivity contribution in [2.75, 3.05) is 34.5 Å². The Morgan fingerprint density at radius 2 is 0.818 bits per heavy atom. The number of rotatable bonds is 17. The van der Waals surface area contributed by atoms with Gasteiger partial charge in [0.2, 0.25) is 0 Å². The minimum atomic E-state index is 0.736. The smallest absolute Gasteiger partial charge is 0.0229 e. The normalized spacial score (nSPS) is 12.0. The molecule has 0 fully saturated rings. The molecule has 0 aliphatic carbocycles. The van der Waals surface area contributed by atoms with Crippen molar-refractivity contribution in [3.63, 3.8) is 0 Å². The van der Waals surface area contributed by atoms with Crippen LogP contribution in [0.5, 0.6) is 0 Å². The van der Waals surface area contributed by atoms with E-state index in [9.17, 15) is 0 Å². The third-order valence-corrected chi connectivity index (χ3v) is 11.4. The van der Waals surface area contributed by atoms with Gasteiger partial charge in [0.05, 0.1) is 0 Å². The Balaban J connectivity index is 1.31. The van der Waals surface area contributed by atoms with E-state index in [4.69, 9.17) is 0 Å². The van der Waals surface area contributed by atoms with Crippen molar-refractivity contribution in [2.24, 2.45) is 0 Å². The summed E-state index contributed by atoms with van der Waals surface area (Å²) in [6, 6.07) is 32.6. The van der Waals surface area contributed by atoms with Crippen LogP contribution in [0.15, 0.2) is 91.0 Å². The van der Waals surface area contributed by atoms with Gasteiger partial charge in [0.15, 0.2) is 0 Å². The van der Waals surface area contributed by atoms with Crippen LogP contribution in [-0.2, 0) is 17.3 Å². The number of thioether (sulfide) groups is 5. The van der Waals surface area contributed by atoms with E-state index in [0.717, 1.165) is 22.5 Å². The molecule has 0 aromatic heterocycles. The van der Waals surface area contributed by atoms with Gasteiger partial charge in [-0.1, -0.05) is 91.0 Å². The molecule has 0 nitrogen and oxygen atoms in total. The molecule has 0 N–H and O–H groups in total. The van der Waals surface area contributed by atoms with Gasteiger partial charge in [-0.15, -0.1) is 0 Å². The van der Waals surface area contributed by atoms with Crippen LogP contribution in [0.1, 0.15) is 16.7 Å². The lowest BCUT2D eigenvalue weighted by Crippen LogP contribution is -2.12. The molecule has 0 saturated heterocycles. The molecule has 5 heteroatoms. The van der Waals surface area contributed by atoms with Crippen LogP contribution in [0, 0.1) is 0 Å². The molecule has 33 heavy (non-hydrogen) atoms. The minimum absolute atomic E-state index is 0.736. The summed E-state index contributed by atoms with van der Waals surface area (Å²) in [6.07, 6.45) is 0. The molecule has 176 valence electrons. The molecule has 0 aliphatic rings. The molecule has 0 aliphatic heterocycles. The zero-order chi connectivity index (χ0) is 22.8. The fraction of sp³-hybridized carbons (Fsp3) is 0.357. The average Bonchev–Trinajstić information content (AvgIpc) is 2.87. The van der Waals surface area contributed by atoms with Gasteiger partial charge in [0.1, 0.15) is 0 Å². The summed E-state index contributed by atoms with van der Waals surface area (Å²) in [7, 11) is 0. The lowest BCUT2D eigenvalue weighted by Gasteiger charge is -2.16.